The highest BCUT2D eigenvalue weighted by atomic mass is 79.9. The van der Waals surface area contributed by atoms with Gasteiger partial charge in [-0.15, -0.1) is 4.83 Å². The van der Waals surface area contributed by atoms with Crippen molar-refractivity contribution < 1.29 is 8.42 Å². The van der Waals surface area contributed by atoms with E-state index in [9.17, 15) is 8.42 Å². The molecular formula is C17H20BrN3O2S2. The maximum absolute atomic E-state index is 12.3. The number of sulfonamides is 1. The van der Waals surface area contributed by atoms with E-state index in [4.69, 9.17) is 12.2 Å². The van der Waals surface area contributed by atoms with Crippen LogP contribution >= 0.6 is 28.1 Å². The van der Waals surface area contributed by atoms with Gasteiger partial charge in [0.05, 0.1) is 4.90 Å². The predicted octanol–water partition coefficient (Wildman–Crippen LogP) is 3.93. The van der Waals surface area contributed by atoms with Gasteiger partial charge in [0.25, 0.3) is 10.0 Å². The first-order chi connectivity index (χ1) is 11.6. The van der Waals surface area contributed by atoms with E-state index in [0.717, 1.165) is 15.7 Å². The van der Waals surface area contributed by atoms with Crippen molar-refractivity contribution in [2.75, 3.05) is 5.32 Å². The fourth-order valence-electron chi connectivity index (χ4n) is 2.00. The van der Waals surface area contributed by atoms with Crippen molar-refractivity contribution in [1.29, 1.82) is 0 Å². The van der Waals surface area contributed by atoms with Crippen LogP contribution in [0.2, 0.25) is 0 Å². The lowest BCUT2D eigenvalue weighted by Gasteiger charge is -2.19. The van der Waals surface area contributed by atoms with E-state index in [-0.39, 0.29) is 15.4 Å². The van der Waals surface area contributed by atoms with Crippen molar-refractivity contribution in [3.63, 3.8) is 0 Å². The molecule has 0 fully saturated rings. The molecule has 2 aromatic carbocycles. The second-order valence-corrected chi connectivity index (χ2v) is 9.47. The highest BCUT2D eigenvalue weighted by Gasteiger charge is 2.17. The molecule has 0 aliphatic carbocycles. The third-order valence-electron chi connectivity index (χ3n) is 3.43. The SMILES string of the molecule is CC(C)(C)c1ccc(S(=O)(=O)NNC(=S)Nc2ccc(Br)cc2)cc1. The van der Waals surface area contributed by atoms with Gasteiger partial charge in [0.15, 0.2) is 5.11 Å². The quantitative estimate of drug-likeness (QED) is 0.495. The summed E-state index contributed by atoms with van der Waals surface area (Å²) in [7, 11) is -3.71. The molecule has 5 nitrogen and oxygen atoms in total. The molecule has 0 unspecified atom stereocenters. The number of nitrogens with one attached hydrogen (secondary N) is 3. The van der Waals surface area contributed by atoms with E-state index in [1.165, 1.54) is 0 Å². The van der Waals surface area contributed by atoms with Crippen molar-refractivity contribution in [2.45, 2.75) is 31.1 Å². The van der Waals surface area contributed by atoms with Crippen molar-refractivity contribution >= 4 is 49.0 Å². The van der Waals surface area contributed by atoms with Gasteiger partial charge in [-0.2, -0.15) is 0 Å². The number of anilines is 1. The van der Waals surface area contributed by atoms with Crippen LogP contribution in [0.25, 0.3) is 0 Å². The molecule has 3 N–H and O–H groups in total. The van der Waals surface area contributed by atoms with Crippen molar-refractivity contribution in [1.82, 2.24) is 10.3 Å². The van der Waals surface area contributed by atoms with E-state index < -0.39 is 10.0 Å². The van der Waals surface area contributed by atoms with E-state index >= 15 is 0 Å². The lowest BCUT2D eigenvalue weighted by Crippen LogP contribution is -2.43. The van der Waals surface area contributed by atoms with E-state index in [2.05, 4.69) is 52.3 Å². The first-order valence-electron chi connectivity index (χ1n) is 7.53. The molecule has 2 rings (SSSR count). The summed E-state index contributed by atoms with van der Waals surface area (Å²) in [5.74, 6) is 0. The molecule has 0 amide bonds. The average Bonchev–Trinajstić information content (AvgIpc) is 2.55. The Balaban J connectivity index is 1.98. The van der Waals surface area contributed by atoms with Gasteiger partial charge < -0.3 is 5.32 Å². The van der Waals surface area contributed by atoms with E-state index in [0.29, 0.717) is 0 Å². The molecule has 25 heavy (non-hydrogen) atoms. The number of rotatable bonds is 4. The molecule has 0 saturated carbocycles. The minimum Gasteiger partial charge on any atom is -0.332 e. The summed E-state index contributed by atoms with van der Waals surface area (Å²) in [4.78, 5) is 2.44. The van der Waals surface area contributed by atoms with Gasteiger partial charge in [-0.3, -0.25) is 5.43 Å². The van der Waals surface area contributed by atoms with Crippen LogP contribution in [-0.2, 0) is 15.4 Å². The maximum atomic E-state index is 12.3. The Kier molecular flexibility index (Phi) is 6.21. The molecule has 0 atom stereocenters. The fraction of sp³-hybridized carbons (Fsp3) is 0.235. The Morgan fingerprint density at radius 3 is 2.08 bits per heavy atom. The van der Waals surface area contributed by atoms with Gasteiger partial charge in [0.2, 0.25) is 0 Å². The number of halogens is 1. The normalized spacial score (nSPS) is 11.8. The monoisotopic (exact) mass is 441 g/mol. The Labute approximate surface area is 162 Å². The van der Waals surface area contributed by atoms with Crippen LogP contribution in [0.4, 0.5) is 5.69 Å². The number of hydrogen-bond donors (Lipinski definition) is 3. The molecule has 8 heteroatoms. The van der Waals surface area contributed by atoms with Crippen LogP contribution in [-0.4, -0.2) is 13.5 Å². The minimum absolute atomic E-state index is 0.0376. The highest BCUT2D eigenvalue weighted by Crippen LogP contribution is 2.23. The van der Waals surface area contributed by atoms with Crippen molar-refractivity contribution in [2.24, 2.45) is 0 Å². The topological polar surface area (TPSA) is 70.2 Å². The zero-order chi connectivity index (χ0) is 18.7. The molecule has 0 aliphatic rings. The van der Waals surface area contributed by atoms with Crippen LogP contribution in [0.1, 0.15) is 26.3 Å². The number of hydrazine groups is 1. The summed E-state index contributed by atoms with van der Waals surface area (Å²) >= 11 is 8.44. The second kappa shape index (κ2) is 7.82. The largest absolute Gasteiger partial charge is 0.332 e. The van der Waals surface area contributed by atoms with Gasteiger partial charge in [-0.1, -0.05) is 48.8 Å². The van der Waals surface area contributed by atoms with Crippen molar-refractivity contribution in [3.8, 4) is 0 Å². The summed E-state index contributed by atoms with van der Waals surface area (Å²) in [5, 5.41) is 3.04. The summed E-state index contributed by atoms with van der Waals surface area (Å²) in [5.41, 5.74) is 4.27. The van der Waals surface area contributed by atoms with Gasteiger partial charge in [-0.25, -0.2) is 8.42 Å². The molecule has 134 valence electrons. The van der Waals surface area contributed by atoms with Gasteiger partial charge in [-0.05, 0) is 59.6 Å². The van der Waals surface area contributed by atoms with Gasteiger partial charge in [0, 0.05) is 10.2 Å². The minimum atomic E-state index is -3.71. The Bertz CT molecular complexity index is 843. The Morgan fingerprint density at radius 2 is 1.56 bits per heavy atom. The lowest BCUT2D eigenvalue weighted by atomic mass is 9.87. The van der Waals surface area contributed by atoms with Crippen LogP contribution in [0, 0.1) is 0 Å². The smallest absolute Gasteiger partial charge is 0.257 e. The summed E-state index contributed by atoms with van der Waals surface area (Å²) in [6.45, 7) is 6.22. The van der Waals surface area contributed by atoms with Gasteiger partial charge >= 0.3 is 0 Å². The predicted molar refractivity (Wildman–Crippen MR) is 109 cm³/mol. The van der Waals surface area contributed by atoms with Crippen LogP contribution in [0.5, 0.6) is 0 Å². The summed E-state index contributed by atoms with van der Waals surface area (Å²) < 4.78 is 25.6. The maximum Gasteiger partial charge on any atom is 0.257 e. The molecular weight excluding hydrogens is 422 g/mol. The van der Waals surface area contributed by atoms with Gasteiger partial charge in [0.1, 0.15) is 0 Å². The zero-order valence-corrected chi connectivity index (χ0v) is 17.3. The zero-order valence-electron chi connectivity index (χ0n) is 14.1. The summed E-state index contributed by atoms with van der Waals surface area (Å²) in [6.07, 6.45) is 0. The van der Waals surface area contributed by atoms with Crippen LogP contribution < -0.4 is 15.6 Å². The average molecular weight is 442 g/mol. The number of thiocarbonyl (C=S) groups is 1. The molecule has 0 heterocycles. The molecule has 0 saturated heterocycles. The summed E-state index contributed by atoms with van der Waals surface area (Å²) in [6, 6.07) is 14.1. The van der Waals surface area contributed by atoms with Crippen LogP contribution in [0.15, 0.2) is 57.9 Å². The number of benzene rings is 2. The highest BCUT2D eigenvalue weighted by molar-refractivity contribution is 9.10. The molecule has 0 spiro atoms. The molecule has 2 aromatic rings. The molecule has 0 aliphatic heterocycles. The first kappa shape index (κ1) is 19.8. The van der Waals surface area contributed by atoms with Crippen molar-refractivity contribution in [3.05, 3.63) is 58.6 Å². The first-order valence-corrected chi connectivity index (χ1v) is 10.2. The molecule has 0 aromatic heterocycles. The third kappa shape index (κ3) is 5.78. The standard InChI is InChI=1S/C17H20BrN3O2S2/c1-17(2,3)12-4-10-15(11-5-12)25(22,23)21-20-16(24)19-14-8-6-13(18)7-9-14/h4-11,21H,1-3H3,(H2,19,20,24). The Hall–Kier alpha value is -1.48. The second-order valence-electron chi connectivity index (χ2n) is 6.47. The van der Waals surface area contributed by atoms with E-state index in [1.807, 2.05) is 36.4 Å². The third-order valence-corrected chi connectivity index (χ3v) is 5.43. The molecule has 0 bridgehead atoms. The van der Waals surface area contributed by atoms with Crippen LogP contribution in [0.3, 0.4) is 0 Å². The fourth-order valence-corrected chi connectivity index (χ4v) is 3.35. The molecule has 0 radical (unpaired) electrons. The number of hydrogen-bond acceptors (Lipinski definition) is 3. The Morgan fingerprint density at radius 1 is 1.00 bits per heavy atom. The van der Waals surface area contributed by atoms with E-state index in [1.54, 1.807) is 12.1 Å². The lowest BCUT2D eigenvalue weighted by molar-refractivity contribution is 0.575.